The minimum absolute atomic E-state index is 0.0204. The smallest absolute Gasteiger partial charge is 0.224 e. The van der Waals surface area contributed by atoms with Gasteiger partial charge in [-0.15, -0.1) is 0 Å². The summed E-state index contributed by atoms with van der Waals surface area (Å²) in [6, 6.07) is 17.1. The number of likely N-dealkylation sites (N-methyl/N-ethyl adjacent to an activating group) is 1. The topological polar surface area (TPSA) is 49.9 Å². The van der Waals surface area contributed by atoms with Crippen molar-refractivity contribution in [2.45, 2.75) is 19.4 Å². The number of rotatable bonds is 6. The van der Waals surface area contributed by atoms with E-state index in [4.69, 9.17) is 4.74 Å². The van der Waals surface area contributed by atoms with E-state index in [1.807, 2.05) is 60.7 Å². The number of amides is 2. The summed E-state index contributed by atoms with van der Waals surface area (Å²) in [7, 11) is 1.76. The summed E-state index contributed by atoms with van der Waals surface area (Å²) in [6.45, 7) is 2.43. The highest BCUT2D eigenvalue weighted by atomic mass is 16.5. The van der Waals surface area contributed by atoms with Gasteiger partial charge >= 0.3 is 0 Å². The van der Waals surface area contributed by atoms with Crippen LogP contribution < -0.4 is 4.74 Å². The number of benzene rings is 2. The summed E-state index contributed by atoms with van der Waals surface area (Å²) >= 11 is 0. The second kappa shape index (κ2) is 8.54. The van der Waals surface area contributed by atoms with E-state index in [0.29, 0.717) is 13.2 Å². The Morgan fingerprint density at radius 3 is 2.52 bits per heavy atom. The van der Waals surface area contributed by atoms with E-state index in [1.165, 1.54) is 6.92 Å². The van der Waals surface area contributed by atoms with Gasteiger partial charge in [0, 0.05) is 20.2 Å². The first-order valence-corrected chi connectivity index (χ1v) is 9.04. The predicted octanol–water partition coefficient (Wildman–Crippen LogP) is 3.49. The fourth-order valence-electron chi connectivity index (χ4n) is 3.18. The Balaban J connectivity index is 1.62. The zero-order valence-corrected chi connectivity index (χ0v) is 15.7. The third kappa shape index (κ3) is 4.56. The first-order chi connectivity index (χ1) is 13.1. The molecule has 1 atom stereocenters. The van der Waals surface area contributed by atoms with Gasteiger partial charge in [-0.1, -0.05) is 42.5 Å². The average molecular weight is 364 g/mol. The monoisotopic (exact) mass is 364 g/mol. The molecule has 1 unspecified atom stereocenters. The first-order valence-electron chi connectivity index (χ1n) is 9.04. The second-order valence-electron chi connectivity index (χ2n) is 6.57. The Morgan fingerprint density at radius 1 is 1.07 bits per heavy atom. The largest absolute Gasteiger partial charge is 0.492 e. The second-order valence-corrected chi connectivity index (χ2v) is 6.57. The molecular weight excluding hydrogens is 340 g/mol. The van der Waals surface area contributed by atoms with Crippen LogP contribution in [0.3, 0.4) is 0 Å². The molecule has 0 spiro atoms. The van der Waals surface area contributed by atoms with Crippen molar-refractivity contribution in [3.05, 3.63) is 71.9 Å². The number of hydrogen-bond donors (Lipinski definition) is 0. The van der Waals surface area contributed by atoms with Crippen molar-refractivity contribution in [3.63, 3.8) is 0 Å². The van der Waals surface area contributed by atoms with E-state index in [9.17, 15) is 9.59 Å². The molecule has 140 valence electrons. The van der Waals surface area contributed by atoms with Gasteiger partial charge in [-0.05, 0) is 29.3 Å². The van der Waals surface area contributed by atoms with Crippen molar-refractivity contribution < 1.29 is 14.3 Å². The standard InChI is InChI=1S/C22H24N2O3/c1-17(25)24-13-12-18-8-6-7-11-20(18)21(24)16-22(26)23(2)14-15-27-19-9-4-3-5-10-19/h3-13,21H,14-16H2,1-2H3. The summed E-state index contributed by atoms with van der Waals surface area (Å²) < 4.78 is 5.66. The molecule has 1 aliphatic heterocycles. The van der Waals surface area contributed by atoms with Gasteiger partial charge in [-0.2, -0.15) is 0 Å². The van der Waals surface area contributed by atoms with Crippen LogP contribution in [0.1, 0.15) is 30.5 Å². The van der Waals surface area contributed by atoms with Crippen molar-refractivity contribution >= 4 is 17.9 Å². The molecule has 2 aromatic carbocycles. The van der Waals surface area contributed by atoms with Crippen LogP contribution in [0.5, 0.6) is 5.75 Å². The molecule has 27 heavy (non-hydrogen) atoms. The maximum atomic E-state index is 12.7. The summed E-state index contributed by atoms with van der Waals surface area (Å²) in [5.41, 5.74) is 2.04. The molecule has 0 saturated carbocycles. The first kappa shape index (κ1) is 18.7. The van der Waals surface area contributed by atoms with E-state index in [-0.39, 0.29) is 24.3 Å². The fourth-order valence-corrected chi connectivity index (χ4v) is 3.18. The lowest BCUT2D eigenvalue weighted by Crippen LogP contribution is -2.37. The molecule has 1 heterocycles. The molecule has 0 aromatic heterocycles. The number of para-hydroxylation sites is 1. The van der Waals surface area contributed by atoms with Crippen molar-refractivity contribution in [2.24, 2.45) is 0 Å². The van der Waals surface area contributed by atoms with Crippen LogP contribution in [-0.4, -0.2) is 41.8 Å². The van der Waals surface area contributed by atoms with Crippen molar-refractivity contribution in [2.75, 3.05) is 20.2 Å². The van der Waals surface area contributed by atoms with Crippen LogP contribution in [0.2, 0.25) is 0 Å². The SMILES string of the molecule is CC(=O)N1C=Cc2ccccc2C1CC(=O)N(C)CCOc1ccccc1. The van der Waals surface area contributed by atoms with E-state index in [0.717, 1.165) is 16.9 Å². The Morgan fingerprint density at radius 2 is 1.78 bits per heavy atom. The summed E-state index contributed by atoms with van der Waals surface area (Å²) in [5, 5.41) is 0. The minimum Gasteiger partial charge on any atom is -0.492 e. The maximum absolute atomic E-state index is 12.7. The molecule has 2 aromatic rings. The lowest BCUT2D eigenvalue weighted by molar-refractivity contribution is -0.134. The van der Waals surface area contributed by atoms with E-state index in [1.54, 1.807) is 23.0 Å². The van der Waals surface area contributed by atoms with Gasteiger partial charge < -0.3 is 14.5 Å². The predicted molar refractivity (Wildman–Crippen MR) is 105 cm³/mol. The van der Waals surface area contributed by atoms with E-state index in [2.05, 4.69) is 0 Å². The van der Waals surface area contributed by atoms with E-state index >= 15 is 0 Å². The summed E-state index contributed by atoms with van der Waals surface area (Å²) in [5.74, 6) is 0.689. The lowest BCUT2D eigenvalue weighted by Gasteiger charge is -2.33. The quantitative estimate of drug-likeness (QED) is 0.788. The van der Waals surface area contributed by atoms with Gasteiger partial charge in [-0.25, -0.2) is 0 Å². The van der Waals surface area contributed by atoms with Crippen LogP contribution >= 0.6 is 0 Å². The van der Waals surface area contributed by atoms with Crippen LogP contribution in [0.25, 0.3) is 6.08 Å². The number of fused-ring (bicyclic) bond motifs is 1. The van der Waals surface area contributed by atoms with Crippen molar-refractivity contribution in [3.8, 4) is 5.75 Å². The molecule has 0 bridgehead atoms. The maximum Gasteiger partial charge on any atom is 0.224 e. The molecule has 5 heteroatoms. The molecule has 3 rings (SSSR count). The van der Waals surface area contributed by atoms with Gasteiger partial charge in [0.1, 0.15) is 12.4 Å². The Kier molecular flexibility index (Phi) is 5.91. The van der Waals surface area contributed by atoms with Gasteiger partial charge in [-0.3, -0.25) is 9.59 Å². The van der Waals surface area contributed by atoms with Gasteiger partial charge in [0.15, 0.2) is 0 Å². The van der Waals surface area contributed by atoms with Crippen molar-refractivity contribution in [1.29, 1.82) is 0 Å². The fraction of sp³-hybridized carbons (Fsp3) is 0.273. The Labute approximate surface area is 159 Å². The highest BCUT2D eigenvalue weighted by molar-refractivity contribution is 5.81. The molecule has 0 aliphatic carbocycles. The lowest BCUT2D eigenvalue weighted by atomic mass is 9.93. The van der Waals surface area contributed by atoms with Crippen LogP contribution in [0, 0.1) is 0 Å². The molecule has 5 nitrogen and oxygen atoms in total. The molecular formula is C22H24N2O3. The zero-order chi connectivity index (χ0) is 19.2. The van der Waals surface area contributed by atoms with Gasteiger partial charge in [0.05, 0.1) is 19.0 Å². The highest BCUT2D eigenvalue weighted by Gasteiger charge is 2.29. The summed E-state index contributed by atoms with van der Waals surface area (Å²) in [6.07, 6.45) is 3.92. The van der Waals surface area contributed by atoms with E-state index < -0.39 is 0 Å². The normalized spacial score (nSPS) is 15.2. The van der Waals surface area contributed by atoms with Crippen LogP contribution in [0.15, 0.2) is 60.8 Å². The third-order valence-corrected chi connectivity index (χ3v) is 4.70. The third-order valence-electron chi connectivity index (χ3n) is 4.70. The number of ether oxygens (including phenoxy) is 1. The highest BCUT2D eigenvalue weighted by Crippen LogP contribution is 2.33. The summed E-state index contributed by atoms with van der Waals surface area (Å²) in [4.78, 5) is 28.1. The molecule has 0 saturated heterocycles. The van der Waals surface area contributed by atoms with Gasteiger partial charge in [0.2, 0.25) is 11.8 Å². The molecule has 0 N–H and O–H groups in total. The molecule has 2 amide bonds. The molecule has 1 aliphatic rings. The number of carbonyl (C=O) groups is 2. The molecule has 0 radical (unpaired) electrons. The minimum atomic E-state index is -0.284. The number of nitrogens with zero attached hydrogens (tertiary/aromatic N) is 2. The number of hydrogen-bond acceptors (Lipinski definition) is 3. The zero-order valence-electron chi connectivity index (χ0n) is 15.7. The van der Waals surface area contributed by atoms with Gasteiger partial charge in [0.25, 0.3) is 0 Å². The van der Waals surface area contributed by atoms with Crippen LogP contribution in [-0.2, 0) is 9.59 Å². The number of carbonyl (C=O) groups excluding carboxylic acids is 2. The van der Waals surface area contributed by atoms with Crippen molar-refractivity contribution in [1.82, 2.24) is 9.80 Å². The Hall–Kier alpha value is -3.08. The Bertz CT molecular complexity index is 832. The molecule has 0 fully saturated rings. The average Bonchev–Trinajstić information content (AvgIpc) is 2.68. The van der Waals surface area contributed by atoms with Crippen LogP contribution in [0.4, 0.5) is 0 Å².